The van der Waals surface area contributed by atoms with E-state index in [1.54, 1.807) is 23.5 Å². The van der Waals surface area contributed by atoms with Crippen molar-refractivity contribution in [2.75, 3.05) is 0 Å². The molecule has 0 bridgehead atoms. The molecule has 9 aromatic rings. The molecule has 0 aliphatic heterocycles. The summed E-state index contributed by atoms with van der Waals surface area (Å²) in [6, 6.07) is 51.8. The molecule has 1 radical (unpaired) electrons. The van der Waals surface area contributed by atoms with Gasteiger partial charge in [-0.15, -0.1) is 46.8 Å². The summed E-state index contributed by atoms with van der Waals surface area (Å²) >= 11 is 1.68. The van der Waals surface area contributed by atoms with Crippen molar-refractivity contribution in [1.29, 1.82) is 0 Å². The van der Waals surface area contributed by atoms with Crippen LogP contribution in [0.3, 0.4) is 0 Å². The molecule has 0 aliphatic carbocycles. The molecule has 3 heterocycles. The molecule has 0 spiro atoms. The Morgan fingerprint density at radius 1 is 0.696 bits per heavy atom. The van der Waals surface area contributed by atoms with E-state index in [1.165, 1.54) is 67.9 Å². The monoisotopic (exact) mass is 928 g/mol. The van der Waals surface area contributed by atoms with Crippen LogP contribution in [0.2, 0.25) is 0 Å². The van der Waals surface area contributed by atoms with Gasteiger partial charge in [-0.1, -0.05) is 146 Å². The van der Waals surface area contributed by atoms with E-state index in [0.29, 0.717) is 11.3 Å². The van der Waals surface area contributed by atoms with Crippen LogP contribution in [0.5, 0.6) is 0 Å². The van der Waals surface area contributed by atoms with Gasteiger partial charge in [-0.2, -0.15) is 0 Å². The van der Waals surface area contributed by atoms with Crippen LogP contribution in [0.25, 0.3) is 71.7 Å². The van der Waals surface area contributed by atoms with Crippen LogP contribution in [0, 0.1) is 32.1 Å². The normalized spacial score (nSPS) is 13.3. The summed E-state index contributed by atoms with van der Waals surface area (Å²) < 4.78 is 47.3. The number of aromatic nitrogens is 3. The molecule has 0 fully saturated rings. The van der Waals surface area contributed by atoms with Gasteiger partial charge in [0.15, 0.2) is 0 Å². The van der Waals surface area contributed by atoms with Crippen molar-refractivity contribution in [3.05, 3.63) is 185 Å². The molecule has 0 atom stereocenters. The number of rotatable bonds is 5. The third-order valence-corrected chi connectivity index (χ3v) is 10.5. The zero-order valence-electron chi connectivity index (χ0n) is 37.5. The topological polar surface area (TPSA) is 30.7 Å². The van der Waals surface area contributed by atoms with Gasteiger partial charge in [0.05, 0.1) is 22.5 Å². The molecule has 6 aromatic carbocycles. The van der Waals surface area contributed by atoms with Gasteiger partial charge < -0.3 is 9.55 Å². The van der Waals surface area contributed by atoms with E-state index >= 15 is 0 Å². The summed E-state index contributed by atoms with van der Waals surface area (Å²) in [5.41, 5.74) is 13.1. The SMILES string of the molecule is Cc1cc(-c2ccccc2)c(-n2c(-c3[c-]sc4cc(C(C)(C)C)ccc34)nc3ccccc32)c(-c2ccccc2)c1.[2H]C([2H])([2H])c1c[c-]c(-c2ccc(C([2H])([2H])[2H])cn2)cc1.[Ir]. The van der Waals surface area contributed by atoms with Crippen LogP contribution < -0.4 is 0 Å². The largest absolute Gasteiger partial charge is 0.332 e. The number of aryl methyl sites for hydroxylation is 3. The zero-order chi connectivity index (χ0) is 43.1. The third-order valence-electron chi connectivity index (χ3n) is 9.66. The van der Waals surface area contributed by atoms with Gasteiger partial charge in [0.2, 0.25) is 0 Å². The number of thiophene rings is 1. The fourth-order valence-electron chi connectivity index (χ4n) is 6.86. The standard InChI is InChI=1S/C38H31N2S.C13H12N.Ir/c1-25-21-30(26-13-7-5-8-14-26)36(31(22-25)27-15-9-6-10-16-27)40-34-18-12-11-17-33(34)39-37(40)32-24-41-35-23-28(38(2,3)4)19-20-29(32)35;1-10-3-6-12(7-4-10)13-8-5-11(2)9-14-13;/h5-23H,1-4H3;3-6,8-9H,1-2H3;/q2*-1;/i;1D3,2D3;. The Morgan fingerprint density at radius 3 is 1.96 bits per heavy atom. The van der Waals surface area contributed by atoms with Gasteiger partial charge in [-0.3, -0.25) is 16.3 Å². The van der Waals surface area contributed by atoms with Crippen LogP contribution in [-0.4, -0.2) is 14.5 Å². The number of hydrogen-bond donors (Lipinski definition) is 0. The molecule has 0 unspecified atom stereocenters. The van der Waals surface area contributed by atoms with Crippen LogP contribution >= 0.6 is 11.3 Å². The molecule has 5 heteroatoms. The average Bonchev–Trinajstić information content (AvgIpc) is 3.85. The molecular weight excluding hydrogens is 879 g/mol. The number of hydrogen-bond acceptors (Lipinski definition) is 3. The van der Waals surface area contributed by atoms with Gasteiger partial charge in [-0.25, -0.2) is 0 Å². The molecule has 0 saturated heterocycles. The van der Waals surface area contributed by atoms with Crippen LogP contribution in [-0.2, 0) is 25.5 Å². The Bertz CT molecular complexity index is 2850. The average molecular weight is 928 g/mol. The molecule has 9 rings (SSSR count). The first kappa shape index (κ1) is 31.7. The summed E-state index contributed by atoms with van der Waals surface area (Å²) in [5, 5.41) is 4.86. The predicted molar refractivity (Wildman–Crippen MR) is 233 cm³/mol. The summed E-state index contributed by atoms with van der Waals surface area (Å²) in [6.07, 6.45) is 1.30. The van der Waals surface area contributed by atoms with Crippen LogP contribution in [0.15, 0.2) is 152 Å². The Hall–Kier alpha value is -5.45. The van der Waals surface area contributed by atoms with Crippen LogP contribution in [0.1, 0.15) is 51.2 Å². The summed E-state index contributed by atoms with van der Waals surface area (Å²) in [5.74, 6) is 0.916. The number of fused-ring (bicyclic) bond motifs is 2. The predicted octanol–water partition coefficient (Wildman–Crippen LogP) is 13.8. The zero-order valence-corrected chi connectivity index (χ0v) is 34.7. The van der Waals surface area contributed by atoms with Gasteiger partial charge in [0, 0.05) is 45.7 Å². The third kappa shape index (κ3) is 7.94. The molecule has 0 saturated carbocycles. The van der Waals surface area contributed by atoms with Gasteiger partial charge in [0.1, 0.15) is 0 Å². The Kier molecular flexibility index (Phi) is 9.25. The molecule has 0 amide bonds. The van der Waals surface area contributed by atoms with E-state index in [-0.39, 0.29) is 36.6 Å². The van der Waals surface area contributed by atoms with E-state index in [1.807, 2.05) is 0 Å². The fraction of sp³-hybridized carbons (Fsp3) is 0.137. The summed E-state index contributed by atoms with van der Waals surface area (Å²) in [4.78, 5) is 9.36. The van der Waals surface area contributed by atoms with Crippen molar-refractivity contribution in [1.82, 2.24) is 14.5 Å². The maximum atomic E-state index is 7.28. The number of pyridine rings is 1. The maximum Gasteiger partial charge on any atom is 0.0774 e. The molecule has 0 aliphatic rings. The smallest absolute Gasteiger partial charge is 0.0774 e. The van der Waals surface area contributed by atoms with Crippen molar-refractivity contribution in [3.8, 4) is 50.6 Å². The quantitative estimate of drug-likeness (QED) is 0.161. The molecule has 0 N–H and O–H groups in total. The molecule has 3 nitrogen and oxygen atoms in total. The Balaban J connectivity index is 0.000000233. The molecule has 56 heavy (non-hydrogen) atoms. The number of para-hydroxylation sites is 2. The van der Waals surface area contributed by atoms with E-state index in [4.69, 9.17) is 13.2 Å². The van der Waals surface area contributed by atoms with Crippen molar-refractivity contribution in [3.63, 3.8) is 0 Å². The van der Waals surface area contributed by atoms with E-state index in [0.717, 1.165) is 28.1 Å². The van der Waals surface area contributed by atoms with E-state index in [9.17, 15) is 0 Å². The Morgan fingerprint density at radius 2 is 1.36 bits per heavy atom. The van der Waals surface area contributed by atoms with Crippen LogP contribution in [0.4, 0.5) is 0 Å². The fourth-order valence-corrected chi connectivity index (χ4v) is 7.74. The minimum atomic E-state index is -2.18. The second-order valence-electron chi connectivity index (χ2n) is 14.7. The van der Waals surface area contributed by atoms with Crippen molar-refractivity contribution in [2.24, 2.45) is 0 Å². The van der Waals surface area contributed by atoms with Crippen molar-refractivity contribution >= 4 is 32.5 Å². The van der Waals surface area contributed by atoms with Gasteiger partial charge >= 0.3 is 0 Å². The molecular formula is C51H43IrN3S-2. The van der Waals surface area contributed by atoms with Gasteiger partial charge in [-0.05, 0) is 71.4 Å². The first-order valence-electron chi connectivity index (χ1n) is 21.2. The summed E-state index contributed by atoms with van der Waals surface area (Å²) in [7, 11) is 0. The van der Waals surface area contributed by atoms with E-state index in [2.05, 4.69) is 164 Å². The first-order chi connectivity index (χ1) is 29.1. The molecule has 3 aromatic heterocycles. The second-order valence-corrected chi connectivity index (χ2v) is 15.5. The number of benzene rings is 6. The van der Waals surface area contributed by atoms with Crippen molar-refractivity contribution < 1.29 is 28.3 Å². The minimum Gasteiger partial charge on any atom is -0.332 e. The van der Waals surface area contributed by atoms with Gasteiger partial charge in [0.25, 0.3) is 0 Å². The number of nitrogens with zero attached hydrogens (tertiary/aromatic N) is 3. The second kappa shape index (κ2) is 16.3. The first-order valence-corrected chi connectivity index (χ1v) is 19.1. The Labute approximate surface area is 356 Å². The van der Waals surface area contributed by atoms with Crippen molar-refractivity contribution in [2.45, 2.75) is 46.8 Å². The van der Waals surface area contributed by atoms with E-state index < -0.39 is 13.7 Å². The number of imidazole rings is 1. The molecule has 279 valence electrons. The maximum absolute atomic E-state index is 7.28. The minimum absolute atomic E-state index is 0. The summed E-state index contributed by atoms with van der Waals surface area (Å²) in [6.45, 7) is 4.63.